The van der Waals surface area contributed by atoms with Gasteiger partial charge in [0.2, 0.25) is 5.95 Å². The van der Waals surface area contributed by atoms with E-state index in [1.54, 1.807) is 11.2 Å². The van der Waals surface area contributed by atoms with Crippen LogP contribution in [-0.4, -0.2) is 61.1 Å². The van der Waals surface area contributed by atoms with Crippen LogP contribution in [0.4, 0.5) is 11.8 Å². The predicted octanol–water partition coefficient (Wildman–Crippen LogP) is 0.851. The van der Waals surface area contributed by atoms with Crippen LogP contribution >= 0.6 is 0 Å². The number of carbonyl (C=O) groups is 1. The zero-order valence-corrected chi connectivity index (χ0v) is 16.0. The average molecular weight is 393 g/mol. The highest BCUT2D eigenvalue weighted by Crippen LogP contribution is 2.31. The SMILES string of the molecule is Nc1nc(N2CCC(O)(C(=O)N3CCc4ccccc4C3)CC2)c2[nH]cnc2n1. The number of aromatic nitrogens is 4. The lowest BCUT2D eigenvalue weighted by Gasteiger charge is -2.41. The molecule has 0 saturated carbocycles. The van der Waals surface area contributed by atoms with E-state index in [4.69, 9.17) is 5.73 Å². The van der Waals surface area contributed by atoms with Crippen molar-refractivity contribution in [3.8, 4) is 0 Å². The molecule has 1 aromatic carbocycles. The molecule has 0 unspecified atom stereocenters. The number of anilines is 2. The Labute approximate surface area is 167 Å². The molecule has 1 amide bonds. The Hall–Kier alpha value is -3.20. The molecule has 1 fully saturated rings. The van der Waals surface area contributed by atoms with Crippen molar-refractivity contribution < 1.29 is 9.90 Å². The van der Waals surface area contributed by atoms with Crippen LogP contribution in [0.15, 0.2) is 30.6 Å². The minimum Gasteiger partial charge on any atom is -0.380 e. The maximum absolute atomic E-state index is 13.1. The summed E-state index contributed by atoms with van der Waals surface area (Å²) >= 11 is 0. The number of benzene rings is 1. The first-order valence-electron chi connectivity index (χ1n) is 9.84. The number of nitrogens with two attached hydrogens (primary N) is 1. The number of H-pyrrole nitrogens is 1. The van der Waals surface area contributed by atoms with Gasteiger partial charge >= 0.3 is 0 Å². The summed E-state index contributed by atoms with van der Waals surface area (Å²) in [6.45, 7) is 2.19. The quantitative estimate of drug-likeness (QED) is 0.589. The number of fused-ring (bicyclic) bond motifs is 2. The third-order valence-electron chi connectivity index (χ3n) is 5.99. The number of carbonyl (C=O) groups excluding carboxylic acids is 1. The Kier molecular flexibility index (Phi) is 4.13. The second-order valence-electron chi connectivity index (χ2n) is 7.77. The Morgan fingerprint density at radius 2 is 1.90 bits per heavy atom. The first-order chi connectivity index (χ1) is 14.0. The van der Waals surface area contributed by atoms with E-state index in [-0.39, 0.29) is 11.9 Å². The van der Waals surface area contributed by atoms with Gasteiger partial charge in [-0.2, -0.15) is 9.97 Å². The molecular weight excluding hydrogens is 370 g/mol. The van der Waals surface area contributed by atoms with Gasteiger partial charge in [0.1, 0.15) is 11.1 Å². The van der Waals surface area contributed by atoms with E-state index in [1.807, 2.05) is 17.0 Å². The zero-order valence-electron chi connectivity index (χ0n) is 16.0. The van der Waals surface area contributed by atoms with Gasteiger partial charge in [-0.25, -0.2) is 4.98 Å². The maximum atomic E-state index is 13.1. The average Bonchev–Trinajstić information content (AvgIpc) is 3.21. The van der Waals surface area contributed by atoms with Crippen LogP contribution in [0.25, 0.3) is 11.2 Å². The van der Waals surface area contributed by atoms with Gasteiger partial charge in [-0.1, -0.05) is 24.3 Å². The highest BCUT2D eigenvalue weighted by atomic mass is 16.3. The number of nitrogens with zero attached hydrogens (tertiary/aromatic N) is 5. The summed E-state index contributed by atoms with van der Waals surface area (Å²) in [5.74, 6) is 0.635. The van der Waals surface area contributed by atoms with Crippen LogP contribution in [0.5, 0.6) is 0 Å². The van der Waals surface area contributed by atoms with Crippen molar-refractivity contribution in [1.29, 1.82) is 0 Å². The van der Waals surface area contributed by atoms with Crippen molar-refractivity contribution in [2.45, 2.75) is 31.4 Å². The molecule has 3 aromatic rings. The van der Waals surface area contributed by atoms with Crippen molar-refractivity contribution >= 4 is 28.8 Å². The number of amides is 1. The number of aromatic amines is 1. The van der Waals surface area contributed by atoms with Crippen molar-refractivity contribution in [1.82, 2.24) is 24.8 Å². The number of hydrogen-bond donors (Lipinski definition) is 3. The van der Waals surface area contributed by atoms with Gasteiger partial charge in [0.15, 0.2) is 11.5 Å². The van der Waals surface area contributed by atoms with Gasteiger partial charge in [0.05, 0.1) is 6.33 Å². The molecule has 9 heteroatoms. The summed E-state index contributed by atoms with van der Waals surface area (Å²) in [5, 5.41) is 11.1. The minimum atomic E-state index is -1.35. The summed E-state index contributed by atoms with van der Waals surface area (Å²) in [6, 6.07) is 8.17. The van der Waals surface area contributed by atoms with E-state index in [0.29, 0.717) is 56.0 Å². The Bertz CT molecular complexity index is 1070. The number of piperidine rings is 1. The fourth-order valence-corrected chi connectivity index (χ4v) is 4.33. The van der Waals surface area contributed by atoms with Crippen molar-refractivity contribution in [2.24, 2.45) is 0 Å². The van der Waals surface area contributed by atoms with E-state index < -0.39 is 5.60 Å². The number of nitrogens with one attached hydrogen (secondary N) is 1. The monoisotopic (exact) mass is 393 g/mol. The van der Waals surface area contributed by atoms with Crippen LogP contribution in [0.1, 0.15) is 24.0 Å². The lowest BCUT2D eigenvalue weighted by atomic mass is 9.88. The molecule has 5 rings (SSSR count). The summed E-state index contributed by atoms with van der Waals surface area (Å²) in [6.07, 6.45) is 3.05. The lowest BCUT2D eigenvalue weighted by Crippen LogP contribution is -2.56. The molecular formula is C20H23N7O2. The molecule has 1 saturated heterocycles. The molecule has 29 heavy (non-hydrogen) atoms. The van der Waals surface area contributed by atoms with Crippen LogP contribution in [0.3, 0.4) is 0 Å². The number of aliphatic hydroxyl groups is 1. The van der Waals surface area contributed by atoms with Crippen molar-refractivity contribution in [3.05, 3.63) is 41.7 Å². The van der Waals surface area contributed by atoms with Crippen molar-refractivity contribution in [2.75, 3.05) is 30.3 Å². The second-order valence-corrected chi connectivity index (χ2v) is 7.77. The van der Waals surface area contributed by atoms with Crippen LogP contribution < -0.4 is 10.6 Å². The third kappa shape index (κ3) is 3.07. The standard InChI is InChI=1S/C20H23N7O2/c21-19-24-16-15(22-12-23-16)17(25-19)26-9-6-20(29,7-10-26)18(28)27-8-5-13-3-1-2-4-14(13)11-27/h1-4,12,29H,5-11H2,(H3,21,22,23,24,25). The highest BCUT2D eigenvalue weighted by Gasteiger charge is 2.43. The van der Waals surface area contributed by atoms with Crippen LogP contribution in [-0.2, 0) is 17.8 Å². The fourth-order valence-electron chi connectivity index (χ4n) is 4.33. The second kappa shape index (κ2) is 6.70. The van der Waals surface area contributed by atoms with Gasteiger partial charge in [-0.3, -0.25) is 4.79 Å². The molecule has 2 aliphatic heterocycles. The minimum absolute atomic E-state index is 0.156. The molecule has 0 aliphatic carbocycles. The maximum Gasteiger partial charge on any atom is 0.254 e. The molecule has 0 radical (unpaired) electrons. The number of nitrogen functional groups attached to an aromatic ring is 1. The smallest absolute Gasteiger partial charge is 0.254 e. The number of imidazole rings is 1. The first kappa shape index (κ1) is 17.9. The molecule has 2 aromatic heterocycles. The molecule has 4 heterocycles. The fraction of sp³-hybridized carbons (Fsp3) is 0.400. The van der Waals surface area contributed by atoms with Gasteiger partial charge in [-0.15, -0.1) is 0 Å². The largest absolute Gasteiger partial charge is 0.380 e. The molecule has 2 aliphatic rings. The predicted molar refractivity (Wildman–Crippen MR) is 108 cm³/mol. The van der Waals surface area contributed by atoms with E-state index in [0.717, 1.165) is 12.0 Å². The van der Waals surface area contributed by atoms with E-state index in [2.05, 4.69) is 32.1 Å². The summed E-state index contributed by atoms with van der Waals surface area (Å²) < 4.78 is 0. The summed E-state index contributed by atoms with van der Waals surface area (Å²) in [7, 11) is 0. The molecule has 4 N–H and O–H groups in total. The first-order valence-corrected chi connectivity index (χ1v) is 9.84. The number of hydrogen-bond acceptors (Lipinski definition) is 7. The number of rotatable bonds is 2. The van der Waals surface area contributed by atoms with E-state index >= 15 is 0 Å². The van der Waals surface area contributed by atoms with Crippen LogP contribution in [0.2, 0.25) is 0 Å². The van der Waals surface area contributed by atoms with E-state index in [1.165, 1.54) is 5.56 Å². The Balaban J connectivity index is 1.31. The van der Waals surface area contributed by atoms with Gasteiger partial charge in [0, 0.05) is 39.0 Å². The summed E-state index contributed by atoms with van der Waals surface area (Å²) in [4.78, 5) is 32.6. The Morgan fingerprint density at radius 1 is 1.14 bits per heavy atom. The van der Waals surface area contributed by atoms with Crippen molar-refractivity contribution in [3.63, 3.8) is 0 Å². The van der Waals surface area contributed by atoms with Crippen LogP contribution in [0, 0.1) is 0 Å². The molecule has 9 nitrogen and oxygen atoms in total. The van der Waals surface area contributed by atoms with E-state index in [9.17, 15) is 9.90 Å². The highest BCUT2D eigenvalue weighted by molar-refractivity contribution is 5.87. The third-order valence-corrected chi connectivity index (χ3v) is 5.99. The van der Waals surface area contributed by atoms with Gasteiger partial charge in [-0.05, 0) is 17.5 Å². The molecule has 150 valence electrons. The van der Waals surface area contributed by atoms with Gasteiger partial charge in [0.25, 0.3) is 5.91 Å². The molecule has 0 spiro atoms. The summed E-state index contributed by atoms with van der Waals surface area (Å²) in [5.41, 5.74) is 8.12. The Morgan fingerprint density at radius 3 is 2.69 bits per heavy atom. The zero-order chi connectivity index (χ0) is 20.0. The molecule has 0 bridgehead atoms. The van der Waals surface area contributed by atoms with Gasteiger partial charge < -0.3 is 25.6 Å². The topological polar surface area (TPSA) is 124 Å². The normalized spacial score (nSPS) is 18.7. The molecule has 0 atom stereocenters. The lowest BCUT2D eigenvalue weighted by molar-refractivity contribution is -0.154.